The van der Waals surface area contributed by atoms with Crippen LogP contribution >= 0.6 is 0 Å². The lowest BCUT2D eigenvalue weighted by Crippen LogP contribution is -2.12. The topological polar surface area (TPSA) is 55.3 Å². The van der Waals surface area contributed by atoms with Gasteiger partial charge >= 0.3 is 0 Å². The van der Waals surface area contributed by atoms with Gasteiger partial charge in [-0.05, 0) is 20.5 Å². The van der Waals surface area contributed by atoms with E-state index >= 15 is 0 Å². The molecule has 0 bridgehead atoms. The fourth-order valence-corrected chi connectivity index (χ4v) is 1.16. The normalized spacial score (nSPS) is 11.0. The first-order valence-electron chi connectivity index (χ1n) is 4.02. The van der Waals surface area contributed by atoms with Gasteiger partial charge in [0.15, 0.2) is 0 Å². The van der Waals surface area contributed by atoms with Crippen molar-refractivity contribution in [3.8, 4) is 0 Å². The van der Waals surface area contributed by atoms with E-state index in [0.29, 0.717) is 5.88 Å². The van der Waals surface area contributed by atoms with Crippen LogP contribution in [0.3, 0.4) is 0 Å². The van der Waals surface area contributed by atoms with Gasteiger partial charge in [0.25, 0.3) is 0 Å². The van der Waals surface area contributed by atoms with Crippen LogP contribution in [0.15, 0.2) is 4.52 Å². The highest BCUT2D eigenvalue weighted by Gasteiger charge is 2.11. The first-order chi connectivity index (χ1) is 5.65. The molecule has 12 heavy (non-hydrogen) atoms. The van der Waals surface area contributed by atoms with E-state index in [1.54, 1.807) is 0 Å². The third-order valence-corrected chi connectivity index (χ3v) is 1.72. The van der Waals surface area contributed by atoms with Crippen LogP contribution in [0, 0.1) is 0 Å². The van der Waals surface area contributed by atoms with Gasteiger partial charge in [-0.3, -0.25) is 0 Å². The van der Waals surface area contributed by atoms with Crippen LogP contribution in [0.25, 0.3) is 0 Å². The third kappa shape index (κ3) is 1.76. The molecule has 0 saturated heterocycles. The van der Waals surface area contributed by atoms with E-state index in [-0.39, 0.29) is 0 Å². The molecular formula is C8H15N3O. The highest BCUT2D eigenvalue weighted by molar-refractivity contribution is 5.38. The van der Waals surface area contributed by atoms with Crippen molar-refractivity contribution in [1.29, 1.82) is 0 Å². The van der Waals surface area contributed by atoms with E-state index in [1.807, 2.05) is 25.9 Å². The van der Waals surface area contributed by atoms with Crippen molar-refractivity contribution < 1.29 is 4.52 Å². The molecule has 0 spiro atoms. The smallest absolute Gasteiger partial charge is 0.225 e. The second kappa shape index (κ2) is 3.58. The summed E-state index contributed by atoms with van der Waals surface area (Å²) in [4.78, 5) is 2.04. The van der Waals surface area contributed by atoms with Crippen molar-refractivity contribution in [3.63, 3.8) is 0 Å². The van der Waals surface area contributed by atoms with Gasteiger partial charge in [-0.2, -0.15) is 0 Å². The summed E-state index contributed by atoms with van der Waals surface area (Å²) in [7, 11) is 3.98. The highest BCUT2D eigenvalue weighted by atomic mass is 16.5. The summed E-state index contributed by atoms with van der Waals surface area (Å²) < 4.78 is 4.89. The zero-order valence-electron chi connectivity index (χ0n) is 7.79. The van der Waals surface area contributed by atoms with Crippen LogP contribution in [0.5, 0.6) is 0 Å². The number of rotatable bonds is 3. The molecule has 0 unspecified atom stereocenters. The Morgan fingerprint density at radius 2 is 2.17 bits per heavy atom. The van der Waals surface area contributed by atoms with E-state index in [1.165, 1.54) is 0 Å². The maximum absolute atomic E-state index is 5.58. The quantitative estimate of drug-likeness (QED) is 0.729. The molecule has 0 aliphatic rings. The summed E-state index contributed by atoms with van der Waals surface area (Å²) in [6.45, 7) is 2.83. The molecule has 4 nitrogen and oxygen atoms in total. The number of nitrogens with zero attached hydrogens (tertiary/aromatic N) is 2. The first-order valence-corrected chi connectivity index (χ1v) is 4.02. The molecular weight excluding hydrogens is 154 g/mol. The first kappa shape index (κ1) is 9.06. The fraction of sp³-hybridized carbons (Fsp3) is 0.625. The maximum Gasteiger partial charge on any atom is 0.225 e. The standard InChI is InChI=1S/C8H15N3O/c1-4-6-7(5-11(2)3)10-12-8(6)9/h4-5,9H2,1-3H3. The molecule has 0 aromatic carbocycles. The largest absolute Gasteiger partial charge is 0.367 e. The molecule has 68 valence electrons. The number of nitrogens with two attached hydrogens (primary N) is 1. The molecule has 1 aromatic rings. The predicted octanol–water partition coefficient (Wildman–Crippen LogP) is 0.881. The van der Waals surface area contributed by atoms with Gasteiger partial charge < -0.3 is 15.2 Å². The second-order valence-corrected chi connectivity index (χ2v) is 3.06. The summed E-state index contributed by atoms with van der Waals surface area (Å²) in [6.07, 6.45) is 0.874. The number of hydrogen-bond acceptors (Lipinski definition) is 4. The van der Waals surface area contributed by atoms with E-state index in [2.05, 4.69) is 5.16 Å². The Morgan fingerprint density at radius 1 is 1.50 bits per heavy atom. The summed E-state index contributed by atoms with van der Waals surface area (Å²) in [5, 5.41) is 3.89. The Kier molecular flexibility index (Phi) is 2.70. The van der Waals surface area contributed by atoms with Gasteiger partial charge in [-0.15, -0.1) is 0 Å². The minimum Gasteiger partial charge on any atom is -0.367 e. The molecule has 1 rings (SSSR count). The minimum atomic E-state index is 0.453. The monoisotopic (exact) mass is 169 g/mol. The molecule has 1 aromatic heterocycles. The van der Waals surface area contributed by atoms with Crippen LogP contribution in [0.1, 0.15) is 18.2 Å². The summed E-state index contributed by atoms with van der Waals surface area (Å²) in [5.74, 6) is 0.453. The fourth-order valence-electron chi connectivity index (χ4n) is 1.16. The van der Waals surface area contributed by atoms with Gasteiger partial charge in [-0.1, -0.05) is 12.1 Å². The SMILES string of the molecule is CCc1c(CN(C)C)noc1N. The second-order valence-electron chi connectivity index (χ2n) is 3.06. The Labute approximate surface area is 72.3 Å². The van der Waals surface area contributed by atoms with E-state index in [9.17, 15) is 0 Å². The van der Waals surface area contributed by atoms with Gasteiger partial charge in [0.2, 0.25) is 5.88 Å². The van der Waals surface area contributed by atoms with E-state index < -0.39 is 0 Å². The molecule has 1 heterocycles. The average Bonchev–Trinajstić information content (AvgIpc) is 2.30. The number of hydrogen-bond donors (Lipinski definition) is 1. The van der Waals surface area contributed by atoms with Crippen molar-refractivity contribution in [2.45, 2.75) is 19.9 Å². The van der Waals surface area contributed by atoms with Crippen molar-refractivity contribution in [1.82, 2.24) is 10.1 Å². The Morgan fingerprint density at radius 3 is 2.67 bits per heavy atom. The summed E-state index contributed by atoms with van der Waals surface area (Å²) in [5.41, 5.74) is 7.56. The molecule has 0 atom stereocenters. The molecule has 0 radical (unpaired) electrons. The predicted molar refractivity (Wildman–Crippen MR) is 47.7 cm³/mol. The van der Waals surface area contributed by atoms with Crippen molar-refractivity contribution in [2.75, 3.05) is 19.8 Å². The summed E-state index contributed by atoms with van der Waals surface area (Å²) in [6, 6.07) is 0. The summed E-state index contributed by atoms with van der Waals surface area (Å²) >= 11 is 0. The lowest BCUT2D eigenvalue weighted by molar-refractivity contribution is 0.367. The molecule has 0 fully saturated rings. The van der Waals surface area contributed by atoms with Crippen LogP contribution < -0.4 is 5.73 Å². The lowest BCUT2D eigenvalue weighted by Gasteiger charge is -2.06. The Bertz CT molecular complexity index is 255. The lowest BCUT2D eigenvalue weighted by atomic mass is 10.2. The third-order valence-electron chi connectivity index (χ3n) is 1.72. The Balaban J connectivity index is 2.84. The van der Waals surface area contributed by atoms with Crippen LogP contribution in [0.4, 0.5) is 5.88 Å². The minimum absolute atomic E-state index is 0.453. The van der Waals surface area contributed by atoms with E-state index in [4.69, 9.17) is 10.3 Å². The van der Waals surface area contributed by atoms with Gasteiger partial charge in [-0.25, -0.2) is 0 Å². The zero-order chi connectivity index (χ0) is 9.14. The molecule has 0 aliphatic carbocycles. The average molecular weight is 169 g/mol. The van der Waals surface area contributed by atoms with Gasteiger partial charge in [0, 0.05) is 12.1 Å². The molecule has 0 saturated carbocycles. The van der Waals surface area contributed by atoms with Crippen molar-refractivity contribution >= 4 is 5.88 Å². The number of anilines is 1. The number of nitrogen functional groups attached to an aromatic ring is 1. The van der Waals surface area contributed by atoms with Crippen LogP contribution in [-0.4, -0.2) is 24.2 Å². The maximum atomic E-state index is 5.58. The van der Waals surface area contributed by atoms with E-state index in [0.717, 1.165) is 24.2 Å². The van der Waals surface area contributed by atoms with Crippen molar-refractivity contribution in [2.24, 2.45) is 0 Å². The van der Waals surface area contributed by atoms with Gasteiger partial charge in [0.05, 0.1) is 0 Å². The zero-order valence-corrected chi connectivity index (χ0v) is 7.79. The molecule has 4 heteroatoms. The highest BCUT2D eigenvalue weighted by Crippen LogP contribution is 2.17. The van der Waals surface area contributed by atoms with Crippen LogP contribution in [0.2, 0.25) is 0 Å². The van der Waals surface area contributed by atoms with Crippen LogP contribution in [-0.2, 0) is 13.0 Å². The van der Waals surface area contributed by atoms with Gasteiger partial charge in [0.1, 0.15) is 5.69 Å². The molecule has 0 amide bonds. The number of aromatic nitrogens is 1. The molecule has 2 N–H and O–H groups in total. The molecule has 0 aliphatic heterocycles. The van der Waals surface area contributed by atoms with Crippen molar-refractivity contribution in [3.05, 3.63) is 11.3 Å². The Hall–Kier alpha value is -1.03.